The number of hydrogen-bond acceptors (Lipinski definition) is 3. The minimum Gasteiger partial charge on any atom is -0.236 e. The summed E-state index contributed by atoms with van der Waals surface area (Å²) in [6.07, 6.45) is 3.87. The number of hydrogen-bond donors (Lipinski definition) is 1. The topological polar surface area (TPSA) is 64.0 Å². The number of aryl methyl sites for hydroxylation is 1. The number of aromatic nitrogens is 2. The maximum Gasteiger partial charge on any atom is 0.244 e. The summed E-state index contributed by atoms with van der Waals surface area (Å²) in [5.74, 6) is -0.342. The molecule has 0 unspecified atom stereocenters. The number of sulfonamides is 1. The molecular weight excluding hydrogens is 317 g/mol. The molecule has 0 amide bonds. The van der Waals surface area contributed by atoms with E-state index in [0.29, 0.717) is 17.1 Å². The zero-order valence-corrected chi connectivity index (χ0v) is 14.0. The van der Waals surface area contributed by atoms with Crippen LogP contribution in [-0.4, -0.2) is 24.2 Å². The molecule has 1 aliphatic rings. The van der Waals surface area contributed by atoms with Crippen LogP contribution >= 0.6 is 0 Å². The number of benzene rings is 1. The van der Waals surface area contributed by atoms with Crippen molar-refractivity contribution in [2.45, 2.75) is 50.5 Å². The molecule has 1 aromatic carbocycles. The van der Waals surface area contributed by atoms with Crippen molar-refractivity contribution >= 4 is 10.0 Å². The average molecular weight is 337 g/mol. The van der Waals surface area contributed by atoms with Crippen molar-refractivity contribution in [1.82, 2.24) is 14.5 Å². The van der Waals surface area contributed by atoms with Crippen LogP contribution in [0.5, 0.6) is 0 Å². The Morgan fingerprint density at radius 1 is 1.17 bits per heavy atom. The molecule has 5 nitrogen and oxygen atoms in total. The summed E-state index contributed by atoms with van der Waals surface area (Å²) in [5, 5.41) is 4.33. The molecule has 0 bridgehead atoms. The van der Waals surface area contributed by atoms with Gasteiger partial charge < -0.3 is 0 Å². The Kier molecular flexibility index (Phi) is 4.25. The van der Waals surface area contributed by atoms with Crippen LogP contribution in [-0.2, 0) is 10.0 Å². The Labute approximate surface area is 135 Å². The number of nitrogens with one attached hydrogen (secondary N) is 1. The standard InChI is InChI=1S/C16H20FN3O2S/c1-11-16(23(21,22)19-14-5-3-4-6-14)12(2)20(18-11)15-9-7-13(17)8-10-15/h7-10,14,19H,3-6H2,1-2H3. The third kappa shape index (κ3) is 3.16. The van der Waals surface area contributed by atoms with E-state index < -0.39 is 10.0 Å². The minimum atomic E-state index is -3.61. The Morgan fingerprint density at radius 2 is 1.78 bits per heavy atom. The second-order valence-electron chi connectivity index (χ2n) is 5.99. The molecule has 1 saturated carbocycles. The maximum atomic E-state index is 13.1. The largest absolute Gasteiger partial charge is 0.244 e. The molecule has 124 valence electrons. The highest BCUT2D eigenvalue weighted by Gasteiger charge is 2.28. The lowest BCUT2D eigenvalue weighted by Crippen LogP contribution is -2.33. The maximum absolute atomic E-state index is 13.1. The monoisotopic (exact) mass is 337 g/mol. The van der Waals surface area contributed by atoms with E-state index in [1.165, 1.54) is 16.8 Å². The molecule has 1 aromatic heterocycles. The Bertz CT molecular complexity index is 807. The van der Waals surface area contributed by atoms with Crippen LogP contribution in [0.2, 0.25) is 0 Å². The van der Waals surface area contributed by atoms with Gasteiger partial charge in [-0.25, -0.2) is 22.2 Å². The lowest BCUT2D eigenvalue weighted by Gasteiger charge is -2.13. The minimum absolute atomic E-state index is 0.00738. The van der Waals surface area contributed by atoms with E-state index in [1.54, 1.807) is 26.0 Å². The van der Waals surface area contributed by atoms with Crippen molar-refractivity contribution in [1.29, 1.82) is 0 Å². The molecule has 7 heteroatoms. The van der Waals surface area contributed by atoms with Gasteiger partial charge in [-0.05, 0) is 51.0 Å². The third-order valence-corrected chi connectivity index (χ3v) is 6.01. The molecule has 0 spiro atoms. The van der Waals surface area contributed by atoms with Crippen LogP contribution in [0.25, 0.3) is 5.69 Å². The van der Waals surface area contributed by atoms with E-state index >= 15 is 0 Å². The summed E-state index contributed by atoms with van der Waals surface area (Å²) >= 11 is 0. The van der Waals surface area contributed by atoms with Gasteiger partial charge in [0.05, 0.1) is 17.1 Å². The van der Waals surface area contributed by atoms with Gasteiger partial charge in [0.2, 0.25) is 10.0 Å². The number of halogens is 1. The van der Waals surface area contributed by atoms with E-state index in [4.69, 9.17) is 0 Å². The van der Waals surface area contributed by atoms with Gasteiger partial charge in [0.25, 0.3) is 0 Å². The van der Waals surface area contributed by atoms with E-state index in [-0.39, 0.29) is 16.8 Å². The average Bonchev–Trinajstić information content (AvgIpc) is 3.07. The molecule has 1 N–H and O–H groups in total. The summed E-state index contributed by atoms with van der Waals surface area (Å²) < 4.78 is 42.8. The normalized spacial score (nSPS) is 16.1. The van der Waals surface area contributed by atoms with Crippen LogP contribution in [0.15, 0.2) is 29.2 Å². The Morgan fingerprint density at radius 3 is 2.39 bits per heavy atom. The molecule has 0 radical (unpaired) electrons. The third-order valence-electron chi connectivity index (χ3n) is 4.24. The molecule has 1 fully saturated rings. The molecule has 0 aliphatic heterocycles. The molecule has 23 heavy (non-hydrogen) atoms. The summed E-state index contributed by atoms with van der Waals surface area (Å²) in [6.45, 7) is 3.39. The van der Waals surface area contributed by atoms with E-state index in [2.05, 4.69) is 9.82 Å². The fourth-order valence-electron chi connectivity index (χ4n) is 3.17. The van der Waals surface area contributed by atoms with Crippen LogP contribution < -0.4 is 4.72 Å². The predicted octanol–water partition coefficient (Wildman–Crippen LogP) is 2.85. The van der Waals surface area contributed by atoms with Crippen molar-refractivity contribution in [2.75, 3.05) is 0 Å². The van der Waals surface area contributed by atoms with E-state index in [9.17, 15) is 12.8 Å². The van der Waals surface area contributed by atoms with Gasteiger partial charge in [-0.1, -0.05) is 12.8 Å². The highest BCUT2D eigenvalue weighted by atomic mass is 32.2. The highest BCUT2D eigenvalue weighted by molar-refractivity contribution is 7.89. The lowest BCUT2D eigenvalue weighted by atomic mass is 10.3. The first-order valence-corrected chi connectivity index (χ1v) is 9.21. The Hall–Kier alpha value is -1.73. The first-order chi connectivity index (χ1) is 10.9. The molecular formula is C16H20FN3O2S. The van der Waals surface area contributed by atoms with Gasteiger partial charge in [0.15, 0.2) is 0 Å². The van der Waals surface area contributed by atoms with Crippen molar-refractivity contribution < 1.29 is 12.8 Å². The van der Waals surface area contributed by atoms with Crippen LogP contribution in [0, 0.1) is 19.7 Å². The highest BCUT2D eigenvalue weighted by Crippen LogP contribution is 2.25. The second kappa shape index (κ2) is 6.05. The summed E-state index contributed by atoms with van der Waals surface area (Å²) in [7, 11) is -3.61. The molecule has 1 aliphatic carbocycles. The molecule has 2 aromatic rings. The first-order valence-electron chi connectivity index (χ1n) is 7.73. The van der Waals surface area contributed by atoms with Gasteiger partial charge in [-0.2, -0.15) is 5.10 Å². The van der Waals surface area contributed by atoms with Gasteiger partial charge >= 0.3 is 0 Å². The predicted molar refractivity (Wildman–Crippen MR) is 85.6 cm³/mol. The number of rotatable bonds is 4. The van der Waals surface area contributed by atoms with Crippen molar-refractivity contribution in [3.8, 4) is 5.69 Å². The van der Waals surface area contributed by atoms with Gasteiger partial charge in [-0.3, -0.25) is 0 Å². The second-order valence-corrected chi connectivity index (χ2v) is 7.64. The smallest absolute Gasteiger partial charge is 0.236 e. The van der Waals surface area contributed by atoms with Crippen molar-refractivity contribution in [2.24, 2.45) is 0 Å². The summed E-state index contributed by atoms with van der Waals surface area (Å²) in [5.41, 5.74) is 1.60. The van der Waals surface area contributed by atoms with Crippen LogP contribution in [0.4, 0.5) is 4.39 Å². The Balaban J connectivity index is 1.98. The fraction of sp³-hybridized carbons (Fsp3) is 0.438. The van der Waals surface area contributed by atoms with Crippen LogP contribution in [0.3, 0.4) is 0 Å². The van der Waals surface area contributed by atoms with Gasteiger partial charge in [0.1, 0.15) is 10.7 Å². The number of nitrogens with zero attached hydrogens (tertiary/aromatic N) is 2. The summed E-state index contributed by atoms with van der Waals surface area (Å²) in [4.78, 5) is 0.216. The quantitative estimate of drug-likeness (QED) is 0.933. The van der Waals surface area contributed by atoms with Gasteiger partial charge in [-0.15, -0.1) is 0 Å². The molecule has 0 atom stereocenters. The molecule has 1 heterocycles. The fourth-order valence-corrected chi connectivity index (χ4v) is 4.87. The molecule has 0 saturated heterocycles. The lowest BCUT2D eigenvalue weighted by molar-refractivity contribution is 0.551. The van der Waals surface area contributed by atoms with Gasteiger partial charge in [0, 0.05) is 6.04 Å². The summed E-state index contributed by atoms with van der Waals surface area (Å²) in [6, 6.07) is 5.83. The van der Waals surface area contributed by atoms with Crippen molar-refractivity contribution in [3.05, 3.63) is 41.5 Å². The van der Waals surface area contributed by atoms with Crippen molar-refractivity contribution in [3.63, 3.8) is 0 Å². The SMILES string of the molecule is Cc1nn(-c2ccc(F)cc2)c(C)c1S(=O)(=O)NC1CCCC1. The van der Waals surface area contributed by atoms with E-state index in [0.717, 1.165) is 25.7 Å². The zero-order chi connectivity index (χ0) is 16.6. The molecule has 3 rings (SSSR count). The first kappa shape index (κ1) is 16.1. The zero-order valence-electron chi connectivity index (χ0n) is 13.2. The van der Waals surface area contributed by atoms with E-state index in [1.807, 2.05) is 0 Å². The van der Waals surface area contributed by atoms with Crippen LogP contribution in [0.1, 0.15) is 37.1 Å².